The number of nitrogens with one attached hydrogen (secondary N) is 2. The Morgan fingerprint density at radius 1 is 1.25 bits per heavy atom. The van der Waals surface area contributed by atoms with E-state index in [1.807, 2.05) is 0 Å². The van der Waals surface area contributed by atoms with Gasteiger partial charge in [-0.1, -0.05) is 40.0 Å². The number of carbonyl (C=O) groups excluding carboxylic acids is 1. The maximum absolute atomic E-state index is 12.7. The fourth-order valence-electron chi connectivity index (χ4n) is 3.82. The molecule has 2 fully saturated rings. The van der Waals surface area contributed by atoms with E-state index in [2.05, 4.69) is 31.4 Å². The van der Waals surface area contributed by atoms with Gasteiger partial charge in [-0.15, -0.1) is 0 Å². The Hall–Kier alpha value is -0.570. The van der Waals surface area contributed by atoms with Crippen molar-refractivity contribution in [1.29, 1.82) is 0 Å². The molecule has 1 saturated heterocycles. The van der Waals surface area contributed by atoms with Crippen molar-refractivity contribution in [3.8, 4) is 0 Å². The number of piperidine rings is 1. The minimum atomic E-state index is -0.243. The molecular weight excluding hydrogens is 248 g/mol. The predicted molar refractivity (Wildman–Crippen MR) is 83.6 cm³/mol. The summed E-state index contributed by atoms with van der Waals surface area (Å²) in [7, 11) is 0. The van der Waals surface area contributed by atoms with Crippen LogP contribution in [0.3, 0.4) is 0 Å². The van der Waals surface area contributed by atoms with E-state index in [4.69, 9.17) is 0 Å². The van der Waals surface area contributed by atoms with Crippen molar-refractivity contribution in [2.75, 3.05) is 13.1 Å². The summed E-state index contributed by atoms with van der Waals surface area (Å²) in [6.45, 7) is 8.62. The van der Waals surface area contributed by atoms with Crippen LogP contribution >= 0.6 is 0 Å². The van der Waals surface area contributed by atoms with Crippen molar-refractivity contribution in [2.45, 2.75) is 71.8 Å². The normalized spacial score (nSPS) is 31.9. The average Bonchev–Trinajstić information content (AvgIpc) is 2.48. The van der Waals surface area contributed by atoms with Crippen molar-refractivity contribution in [1.82, 2.24) is 10.6 Å². The van der Waals surface area contributed by atoms with Gasteiger partial charge in [-0.2, -0.15) is 0 Å². The van der Waals surface area contributed by atoms with Gasteiger partial charge < -0.3 is 10.6 Å². The quantitative estimate of drug-likeness (QED) is 0.831. The second kappa shape index (κ2) is 6.93. The minimum absolute atomic E-state index is 0.243. The van der Waals surface area contributed by atoms with Crippen LogP contribution in [-0.2, 0) is 4.79 Å². The van der Waals surface area contributed by atoms with Gasteiger partial charge >= 0.3 is 0 Å². The van der Waals surface area contributed by atoms with E-state index in [9.17, 15) is 4.79 Å². The van der Waals surface area contributed by atoms with E-state index >= 15 is 0 Å². The summed E-state index contributed by atoms with van der Waals surface area (Å²) >= 11 is 0. The van der Waals surface area contributed by atoms with Crippen molar-refractivity contribution >= 4 is 5.91 Å². The third-order valence-corrected chi connectivity index (χ3v) is 5.60. The molecule has 1 amide bonds. The number of hydrogen-bond acceptors (Lipinski definition) is 2. The third kappa shape index (κ3) is 3.75. The molecule has 1 saturated carbocycles. The highest BCUT2D eigenvalue weighted by molar-refractivity contribution is 5.82. The van der Waals surface area contributed by atoms with Gasteiger partial charge in [0.25, 0.3) is 0 Å². The zero-order chi connectivity index (χ0) is 14.6. The van der Waals surface area contributed by atoms with E-state index in [0.717, 1.165) is 19.0 Å². The smallest absolute Gasteiger partial charge is 0.226 e. The van der Waals surface area contributed by atoms with E-state index in [1.165, 1.54) is 44.9 Å². The lowest BCUT2D eigenvalue weighted by Crippen LogP contribution is -2.50. The molecule has 0 aromatic rings. The molecule has 2 rings (SSSR count). The third-order valence-electron chi connectivity index (χ3n) is 5.60. The van der Waals surface area contributed by atoms with Crippen LogP contribution in [0.5, 0.6) is 0 Å². The van der Waals surface area contributed by atoms with Crippen LogP contribution in [0.4, 0.5) is 0 Å². The molecule has 2 aliphatic rings. The lowest BCUT2D eigenvalue weighted by Gasteiger charge is -2.38. The highest BCUT2D eigenvalue weighted by Gasteiger charge is 2.38. The Balaban J connectivity index is 1.89. The first-order chi connectivity index (χ1) is 9.54. The largest absolute Gasteiger partial charge is 0.353 e. The lowest BCUT2D eigenvalue weighted by molar-refractivity contribution is -0.133. The highest BCUT2D eigenvalue weighted by atomic mass is 16.2. The van der Waals surface area contributed by atoms with Crippen LogP contribution in [0, 0.1) is 17.3 Å². The van der Waals surface area contributed by atoms with E-state index in [1.54, 1.807) is 0 Å². The second-order valence-corrected chi connectivity index (χ2v) is 7.38. The summed E-state index contributed by atoms with van der Waals surface area (Å²) in [5, 5.41) is 6.79. The van der Waals surface area contributed by atoms with Gasteiger partial charge in [0.1, 0.15) is 0 Å². The molecule has 1 heterocycles. The van der Waals surface area contributed by atoms with Crippen LogP contribution in [-0.4, -0.2) is 25.0 Å². The zero-order valence-electron chi connectivity index (χ0n) is 13.5. The molecule has 3 unspecified atom stereocenters. The molecule has 116 valence electrons. The van der Waals surface area contributed by atoms with Gasteiger partial charge in [-0.05, 0) is 50.6 Å². The Labute approximate surface area is 124 Å². The van der Waals surface area contributed by atoms with Crippen LogP contribution in [0.2, 0.25) is 0 Å². The molecule has 20 heavy (non-hydrogen) atoms. The summed E-state index contributed by atoms with van der Waals surface area (Å²) in [4.78, 5) is 12.7. The summed E-state index contributed by atoms with van der Waals surface area (Å²) in [6.07, 6.45) is 8.59. The fraction of sp³-hybridized carbons (Fsp3) is 0.941. The van der Waals surface area contributed by atoms with Crippen LogP contribution in [0.15, 0.2) is 0 Å². The monoisotopic (exact) mass is 280 g/mol. The molecule has 2 N–H and O–H groups in total. The standard InChI is InChI=1S/C17H32N2O/c1-4-13-7-5-9-15(11-13)19-16(20)17(2,3)14-8-6-10-18-12-14/h13-15,18H,4-12H2,1-3H3,(H,19,20). The maximum atomic E-state index is 12.7. The molecule has 0 spiro atoms. The zero-order valence-corrected chi connectivity index (χ0v) is 13.5. The van der Waals surface area contributed by atoms with Crippen molar-refractivity contribution in [3.63, 3.8) is 0 Å². The first kappa shape index (κ1) is 15.8. The maximum Gasteiger partial charge on any atom is 0.226 e. The molecule has 3 nitrogen and oxygen atoms in total. The number of amides is 1. The predicted octanol–water partition coefficient (Wildman–Crippen LogP) is 3.10. The van der Waals surface area contributed by atoms with Crippen LogP contribution in [0.25, 0.3) is 0 Å². The van der Waals surface area contributed by atoms with Gasteiger partial charge in [0, 0.05) is 11.5 Å². The summed E-state index contributed by atoms with van der Waals surface area (Å²) in [5.41, 5.74) is -0.243. The Bertz CT molecular complexity index is 321. The van der Waals surface area contributed by atoms with Gasteiger partial charge in [0.2, 0.25) is 5.91 Å². The van der Waals surface area contributed by atoms with Crippen molar-refractivity contribution in [2.24, 2.45) is 17.3 Å². The Morgan fingerprint density at radius 3 is 2.70 bits per heavy atom. The first-order valence-electron chi connectivity index (χ1n) is 8.55. The van der Waals surface area contributed by atoms with Crippen molar-refractivity contribution in [3.05, 3.63) is 0 Å². The molecular formula is C17H32N2O. The topological polar surface area (TPSA) is 41.1 Å². The summed E-state index contributed by atoms with van der Waals surface area (Å²) < 4.78 is 0. The Morgan fingerprint density at radius 2 is 2.05 bits per heavy atom. The average molecular weight is 280 g/mol. The molecule has 1 aliphatic carbocycles. The van der Waals surface area contributed by atoms with Gasteiger partial charge in [-0.3, -0.25) is 4.79 Å². The van der Waals surface area contributed by atoms with E-state index < -0.39 is 0 Å². The van der Waals surface area contributed by atoms with E-state index in [-0.39, 0.29) is 11.3 Å². The van der Waals surface area contributed by atoms with Gasteiger partial charge in [-0.25, -0.2) is 0 Å². The Kier molecular flexibility index (Phi) is 5.48. The SMILES string of the molecule is CCC1CCCC(NC(=O)C(C)(C)C2CCCNC2)C1. The van der Waals surface area contributed by atoms with E-state index in [0.29, 0.717) is 12.0 Å². The van der Waals surface area contributed by atoms with Crippen LogP contribution < -0.4 is 10.6 Å². The van der Waals surface area contributed by atoms with Crippen molar-refractivity contribution < 1.29 is 4.79 Å². The first-order valence-corrected chi connectivity index (χ1v) is 8.55. The molecule has 0 aromatic carbocycles. The highest BCUT2D eigenvalue weighted by Crippen LogP contribution is 2.33. The lowest BCUT2D eigenvalue weighted by atomic mass is 9.74. The number of rotatable bonds is 4. The fourth-order valence-corrected chi connectivity index (χ4v) is 3.82. The van der Waals surface area contributed by atoms with Gasteiger partial charge in [0.05, 0.1) is 0 Å². The molecule has 0 radical (unpaired) electrons. The molecule has 0 aromatic heterocycles. The summed E-state index contributed by atoms with van der Waals surface area (Å²) in [6, 6.07) is 0.414. The minimum Gasteiger partial charge on any atom is -0.353 e. The number of carbonyl (C=O) groups is 1. The van der Waals surface area contributed by atoms with Gasteiger partial charge in [0.15, 0.2) is 0 Å². The second-order valence-electron chi connectivity index (χ2n) is 7.38. The number of hydrogen-bond donors (Lipinski definition) is 2. The summed E-state index contributed by atoms with van der Waals surface area (Å²) in [5.74, 6) is 1.56. The van der Waals surface area contributed by atoms with Crippen LogP contribution in [0.1, 0.15) is 65.7 Å². The molecule has 3 heteroatoms. The molecule has 0 bridgehead atoms. The molecule has 3 atom stereocenters. The molecule has 1 aliphatic heterocycles.